The van der Waals surface area contributed by atoms with Gasteiger partial charge in [0, 0.05) is 17.3 Å². The Hall–Kier alpha value is -2.42. The first-order valence-corrected chi connectivity index (χ1v) is 11.7. The fourth-order valence-electron chi connectivity index (χ4n) is 5.13. The maximum absolute atomic E-state index is 13.7. The largest absolute Gasteiger partial charge is 0.324 e. The number of halogens is 2. The van der Waals surface area contributed by atoms with Crippen LogP contribution in [-0.2, 0) is 19.9 Å². The highest BCUT2D eigenvalue weighted by atomic mass is 35.5. The second-order valence-corrected chi connectivity index (χ2v) is 9.35. The van der Waals surface area contributed by atoms with Gasteiger partial charge in [-0.2, -0.15) is 11.8 Å². The first kappa shape index (κ1) is 20.5. The molecule has 3 aliphatic rings. The van der Waals surface area contributed by atoms with Crippen molar-refractivity contribution >= 4 is 52.5 Å². The second-order valence-electron chi connectivity index (χ2n) is 7.95. The molecule has 6 nitrogen and oxygen atoms in total. The molecule has 0 aromatic heterocycles. The molecule has 0 aliphatic carbocycles. The molecule has 31 heavy (non-hydrogen) atoms. The lowest BCUT2D eigenvalue weighted by Crippen LogP contribution is -2.53. The zero-order chi connectivity index (χ0) is 21.9. The van der Waals surface area contributed by atoms with Gasteiger partial charge in [-0.05, 0) is 42.7 Å². The minimum absolute atomic E-state index is 0.175. The van der Waals surface area contributed by atoms with Crippen molar-refractivity contribution in [1.82, 2.24) is 5.32 Å². The Bertz CT molecular complexity index is 1130. The number of benzene rings is 2. The van der Waals surface area contributed by atoms with Crippen LogP contribution in [0.4, 0.5) is 15.8 Å². The summed E-state index contributed by atoms with van der Waals surface area (Å²) in [5.41, 5.74) is 0.186. The van der Waals surface area contributed by atoms with Crippen molar-refractivity contribution in [2.45, 2.75) is 18.0 Å². The van der Waals surface area contributed by atoms with Crippen LogP contribution in [0, 0.1) is 17.7 Å². The number of carbonyl (C=O) groups is 3. The third kappa shape index (κ3) is 2.78. The molecule has 160 valence electrons. The summed E-state index contributed by atoms with van der Waals surface area (Å²) >= 11 is 7.55. The van der Waals surface area contributed by atoms with E-state index >= 15 is 0 Å². The molecule has 0 radical (unpaired) electrons. The zero-order valence-corrected chi connectivity index (χ0v) is 18.1. The van der Waals surface area contributed by atoms with E-state index in [0.29, 0.717) is 17.7 Å². The van der Waals surface area contributed by atoms with E-state index < -0.39 is 35.0 Å². The molecular formula is C22H19ClFN3O3S. The number of rotatable bonds is 4. The lowest BCUT2D eigenvalue weighted by atomic mass is 9.76. The highest BCUT2D eigenvalue weighted by molar-refractivity contribution is 7.98. The molecule has 2 saturated heterocycles. The quantitative estimate of drug-likeness (QED) is 0.687. The molecule has 2 fully saturated rings. The van der Waals surface area contributed by atoms with Crippen LogP contribution >= 0.6 is 23.4 Å². The summed E-state index contributed by atoms with van der Waals surface area (Å²) in [6, 6.07) is 10.6. The van der Waals surface area contributed by atoms with Crippen LogP contribution in [0.1, 0.15) is 12.0 Å². The number of imide groups is 1. The van der Waals surface area contributed by atoms with E-state index in [-0.39, 0.29) is 22.7 Å². The van der Waals surface area contributed by atoms with E-state index in [2.05, 4.69) is 10.6 Å². The van der Waals surface area contributed by atoms with Crippen LogP contribution in [0.25, 0.3) is 0 Å². The second kappa shape index (κ2) is 7.32. The third-order valence-corrected chi connectivity index (χ3v) is 7.35. The molecule has 2 N–H and O–H groups in total. The van der Waals surface area contributed by atoms with Crippen molar-refractivity contribution in [2.75, 3.05) is 22.2 Å². The normalized spacial score (nSPS) is 28.9. The fraction of sp³-hybridized carbons (Fsp3) is 0.318. The van der Waals surface area contributed by atoms with E-state index in [0.717, 1.165) is 16.7 Å². The standard InChI is InChI=1S/C22H19ClFN3O3S/c1-31-9-8-16-17-18(22(26-16)12-4-2-3-5-15(12)25-21(22)30)20(29)27(19(17)28)11-6-7-14(24)13(23)10-11/h2-7,10,16-18,26H,8-9H2,1H3,(H,25,30)/t16-,17-,18+,22-/m0/s1. The van der Waals surface area contributed by atoms with Crippen LogP contribution in [0.2, 0.25) is 5.02 Å². The Morgan fingerprint density at radius 3 is 2.68 bits per heavy atom. The summed E-state index contributed by atoms with van der Waals surface area (Å²) < 4.78 is 13.7. The highest BCUT2D eigenvalue weighted by Crippen LogP contribution is 2.54. The Kier molecular flexibility index (Phi) is 4.84. The number of thioether (sulfide) groups is 1. The predicted molar refractivity (Wildman–Crippen MR) is 118 cm³/mol. The Balaban J connectivity index is 1.65. The van der Waals surface area contributed by atoms with Gasteiger partial charge in [0.15, 0.2) is 0 Å². The maximum Gasteiger partial charge on any atom is 0.250 e. The van der Waals surface area contributed by atoms with E-state index in [1.807, 2.05) is 24.5 Å². The SMILES string of the molecule is CSCC[C@@H]1N[C@]2(C(=O)Nc3ccccc32)[C@H]2C(=O)N(c3ccc(F)c(Cl)c3)C(=O)[C@@H]12. The molecule has 3 heterocycles. The number of nitrogens with zero attached hydrogens (tertiary/aromatic N) is 1. The van der Waals surface area contributed by atoms with Crippen molar-refractivity contribution in [2.24, 2.45) is 11.8 Å². The molecule has 9 heteroatoms. The van der Waals surface area contributed by atoms with E-state index in [1.54, 1.807) is 17.8 Å². The molecule has 0 saturated carbocycles. The average molecular weight is 460 g/mol. The molecule has 2 aromatic carbocycles. The molecule has 3 amide bonds. The lowest BCUT2D eigenvalue weighted by molar-refractivity contribution is -0.130. The van der Waals surface area contributed by atoms with Gasteiger partial charge in [-0.25, -0.2) is 9.29 Å². The molecular weight excluding hydrogens is 441 g/mol. The number of hydrogen-bond donors (Lipinski definition) is 2. The van der Waals surface area contributed by atoms with Crippen LogP contribution in [0.5, 0.6) is 0 Å². The van der Waals surface area contributed by atoms with Gasteiger partial charge >= 0.3 is 0 Å². The molecule has 2 aromatic rings. The van der Waals surface area contributed by atoms with Gasteiger partial charge in [0.25, 0.3) is 0 Å². The summed E-state index contributed by atoms with van der Waals surface area (Å²) in [6.45, 7) is 0. The molecule has 3 aliphatic heterocycles. The molecule has 1 spiro atoms. The predicted octanol–water partition coefficient (Wildman–Crippen LogP) is 3.16. The van der Waals surface area contributed by atoms with Crippen molar-refractivity contribution < 1.29 is 18.8 Å². The van der Waals surface area contributed by atoms with Gasteiger partial charge in [-0.3, -0.25) is 19.7 Å². The Morgan fingerprint density at radius 1 is 1.16 bits per heavy atom. The van der Waals surface area contributed by atoms with Crippen molar-refractivity contribution in [3.8, 4) is 0 Å². The van der Waals surface area contributed by atoms with Crippen LogP contribution < -0.4 is 15.5 Å². The number of amides is 3. The highest BCUT2D eigenvalue weighted by Gasteiger charge is 2.70. The molecule has 5 rings (SSSR count). The molecule has 0 unspecified atom stereocenters. The smallest absolute Gasteiger partial charge is 0.250 e. The fourth-order valence-corrected chi connectivity index (χ4v) is 5.79. The summed E-state index contributed by atoms with van der Waals surface area (Å²) in [4.78, 5) is 41.5. The van der Waals surface area contributed by atoms with E-state index in [1.165, 1.54) is 12.1 Å². The van der Waals surface area contributed by atoms with Crippen molar-refractivity contribution in [3.05, 3.63) is 58.9 Å². The van der Waals surface area contributed by atoms with Gasteiger partial charge in [0.05, 0.1) is 22.5 Å². The summed E-state index contributed by atoms with van der Waals surface area (Å²) in [6.07, 6.45) is 2.59. The number of nitrogens with one attached hydrogen (secondary N) is 2. The third-order valence-electron chi connectivity index (χ3n) is 6.42. The number of anilines is 2. The average Bonchev–Trinajstić information content (AvgIpc) is 3.33. The number of para-hydroxylation sites is 1. The summed E-state index contributed by atoms with van der Waals surface area (Å²) in [7, 11) is 0. The zero-order valence-electron chi connectivity index (χ0n) is 16.5. The lowest BCUT2D eigenvalue weighted by Gasteiger charge is -2.29. The minimum atomic E-state index is -1.32. The Labute approximate surface area is 187 Å². The van der Waals surface area contributed by atoms with Crippen molar-refractivity contribution in [1.29, 1.82) is 0 Å². The topological polar surface area (TPSA) is 78.5 Å². The first-order valence-electron chi connectivity index (χ1n) is 9.90. The first-order chi connectivity index (χ1) is 14.9. The number of carbonyl (C=O) groups excluding carboxylic acids is 3. The van der Waals surface area contributed by atoms with Crippen LogP contribution in [0.15, 0.2) is 42.5 Å². The van der Waals surface area contributed by atoms with Crippen molar-refractivity contribution in [3.63, 3.8) is 0 Å². The van der Waals surface area contributed by atoms with E-state index in [9.17, 15) is 18.8 Å². The molecule has 0 bridgehead atoms. The van der Waals surface area contributed by atoms with Gasteiger partial charge in [-0.15, -0.1) is 0 Å². The van der Waals surface area contributed by atoms with Gasteiger partial charge in [0.1, 0.15) is 11.4 Å². The summed E-state index contributed by atoms with van der Waals surface area (Å²) in [5.74, 6) is -2.70. The number of fused-ring (bicyclic) bond motifs is 4. The summed E-state index contributed by atoms with van der Waals surface area (Å²) in [5, 5.41) is 6.07. The Morgan fingerprint density at radius 2 is 1.94 bits per heavy atom. The van der Waals surface area contributed by atoms with Gasteiger partial charge in [0.2, 0.25) is 17.7 Å². The monoisotopic (exact) mass is 459 g/mol. The van der Waals surface area contributed by atoms with Gasteiger partial charge in [-0.1, -0.05) is 29.8 Å². The van der Waals surface area contributed by atoms with Crippen LogP contribution in [0.3, 0.4) is 0 Å². The van der Waals surface area contributed by atoms with E-state index in [4.69, 9.17) is 11.6 Å². The molecule has 4 atom stereocenters. The van der Waals surface area contributed by atoms with Crippen LogP contribution in [-0.4, -0.2) is 35.8 Å². The minimum Gasteiger partial charge on any atom is -0.324 e. The maximum atomic E-state index is 13.7. The number of hydrogen-bond acceptors (Lipinski definition) is 5. The van der Waals surface area contributed by atoms with Gasteiger partial charge < -0.3 is 5.32 Å².